The highest BCUT2D eigenvalue weighted by Crippen LogP contribution is 2.26. The number of ketones is 1. The Kier molecular flexibility index (Phi) is 8.97. The first-order valence-electron chi connectivity index (χ1n) is 11.3. The van der Waals surface area contributed by atoms with Gasteiger partial charge in [-0.15, -0.1) is 0 Å². The van der Waals surface area contributed by atoms with Crippen molar-refractivity contribution < 1.29 is 27.4 Å². The average molecular weight is 482 g/mol. The van der Waals surface area contributed by atoms with Gasteiger partial charge in [-0.1, -0.05) is 36.4 Å². The van der Waals surface area contributed by atoms with E-state index >= 15 is 0 Å². The topological polar surface area (TPSA) is 78.9 Å². The van der Waals surface area contributed by atoms with E-state index in [1.54, 1.807) is 14.2 Å². The number of sulfone groups is 1. The molecule has 2 unspecified atom stereocenters. The number of Topliss-reactive ketones (excluding diaryl/α,β-unsaturated/α-hetero) is 1. The lowest BCUT2D eigenvalue weighted by Crippen LogP contribution is -2.18. The monoisotopic (exact) mass is 482 g/mol. The molecule has 0 bridgehead atoms. The van der Waals surface area contributed by atoms with Gasteiger partial charge in [0.15, 0.2) is 15.6 Å². The van der Waals surface area contributed by atoms with E-state index in [1.165, 1.54) is 7.11 Å². The van der Waals surface area contributed by atoms with Crippen LogP contribution in [-0.2, 0) is 25.8 Å². The highest BCUT2D eigenvalue weighted by molar-refractivity contribution is 7.92. The molecule has 0 saturated carbocycles. The third-order valence-electron chi connectivity index (χ3n) is 6.17. The molecule has 2 atom stereocenters. The van der Waals surface area contributed by atoms with Crippen molar-refractivity contribution in [2.75, 3.05) is 27.1 Å². The molecular weight excluding hydrogens is 451 g/mol. The van der Waals surface area contributed by atoms with E-state index in [9.17, 15) is 13.2 Å². The van der Waals surface area contributed by atoms with Gasteiger partial charge in [0.2, 0.25) is 0 Å². The zero-order valence-electron chi connectivity index (χ0n) is 20.0. The smallest absolute Gasteiger partial charge is 0.166 e. The number of carbonyl (C=O) groups excluding carboxylic acids is 1. The van der Waals surface area contributed by atoms with E-state index in [4.69, 9.17) is 22.1 Å². The van der Waals surface area contributed by atoms with E-state index in [0.29, 0.717) is 42.6 Å². The van der Waals surface area contributed by atoms with E-state index in [-0.39, 0.29) is 16.8 Å². The molecular formula is C26H31BO6S. The highest BCUT2D eigenvalue weighted by atomic mass is 32.2. The molecule has 1 aliphatic heterocycles. The van der Waals surface area contributed by atoms with Crippen molar-refractivity contribution in [1.29, 1.82) is 0 Å². The summed E-state index contributed by atoms with van der Waals surface area (Å²) in [5, 5.41) is -0.300. The van der Waals surface area contributed by atoms with Gasteiger partial charge in [0, 0.05) is 13.5 Å². The Balaban J connectivity index is 1.58. The van der Waals surface area contributed by atoms with Crippen LogP contribution in [0.1, 0.15) is 48.5 Å². The Morgan fingerprint density at radius 2 is 1.76 bits per heavy atom. The molecule has 0 aliphatic carbocycles. The summed E-state index contributed by atoms with van der Waals surface area (Å²) < 4.78 is 40.2. The van der Waals surface area contributed by atoms with Crippen LogP contribution in [0.4, 0.5) is 0 Å². The fraction of sp³-hybridized carbons (Fsp3) is 0.423. The lowest BCUT2D eigenvalue weighted by atomic mass is 9.92. The van der Waals surface area contributed by atoms with Gasteiger partial charge in [0.05, 0.1) is 25.2 Å². The van der Waals surface area contributed by atoms with E-state index in [1.807, 2.05) is 48.6 Å². The molecule has 0 aromatic heterocycles. The maximum Gasteiger partial charge on any atom is 0.166 e. The third-order valence-corrected chi connectivity index (χ3v) is 8.45. The standard InChI is InChI=1S/C26H31BO6S/c1-31-23-16-19(17-24(32-2)25(23)27)7-4-5-9-22(28)26(33-3)20-12-10-18(11-13-20)15-21-8-6-14-34(21,29)30/h4,7,10-13,16-17,21,26H,5-6,8-9,14-15H2,1-3H3/b7-4+. The van der Waals surface area contributed by atoms with Gasteiger partial charge in [0.1, 0.15) is 25.4 Å². The van der Waals surface area contributed by atoms with Gasteiger partial charge in [-0.3, -0.25) is 4.79 Å². The lowest BCUT2D eigenvalue weighted by Gasteiger charge is -2.15. The quantitative estimate of drug-likeness (QED) is 0.457. The average Bonchev–Trinajstić information content (AvgIpc) is 3.16. The van der Waals surface area contributed by atoms with Crippen LogP contribution in [0, 0.1) is 0 Å². The van der Waals surface area contributed by atoms with Gasteiger partial charge in [0.25, 0.3) is 0 Å². The molecule has 2 aromatic carbocycles. The second-order valence-corrected chi connectivity index (χ2v) is 10.8. The highest BCUT2D eigenvalue weighted by Gasteiger charge is 2.31. The maximum absolute atomic E-state index is 12.8. The minimum atomic E-state index is -2.98. The zero-order valence-corrected chi connectivity index (χ0v) is 20.8. The fourth-order valence-corrected chi connectivity index (χ4v) is 6.14. The SMILES string of the molecule is [B]c1c(OC)cc(/C=C/CCC(=O)C(OC)c2ccc(CC3CCCS3(=O)=O)cc2)cc1OC. The number of hydrogen-bond donors (Lipinski definition) is 0. The van der Waals surface area contributed by atoms with Crippen molar-refractivity contribution in [3.8, 4) is 11.5 Å². The van der Waals surface area contributed by atoms with E-state index in [0.717, 1.165) is 23.1 Å². The van der Waals surface area contributed by atoms with Crippen molar-refractivity contribution in [2.45, 2.75) is 43.5 Å². The molecule has 1 heterocycles. The number of hydrogen-bond acceptors (Lipinski definition) is 6. The van der Waals surface area contributed by atoms with Gasteiger partial charge in [-0.2, -0.15) is 0 Å². The van der Waals surface area contributed by atoms with Crippen LogP contribution < -0.4 is 14.9 Å². The molecule has 180 valence electrons. The number of carbonyl (C=O) groups is 1. The summed E-state index contributed by atoms with van der Waals surface area (Å²) in [7, 11) is 7.61. The Morgan fingerprint density at radius 1 is 1.12 bits per heavy atom. The minimum absolute atomic E-state index is 0.0225. The Morgan fingerprint density at radius 3 is 2.29 bits per heavy atom. The first-order chi connectivity index (χ1) is 16.3. The maximum atomic E-state index is 12.8. The molecule has 2 aromatic rings. The molecule has 1 aliphatic rings. The normalized spacial score (nSPS) is 18.1. The molecule has 0 spiro atoms. The van der Waals surface area contributed by atoms with Crippen LogP contribution in [0.3, 0.4) is 0 Å². The number of ether oxygens (including phenoxy) is 3. The van der Waals surface area contributed by atoms with E-state index in [2.05, 4.69) is 0 Å². The lowest BCUT2D eigenvalue weighted by molar-refractivity contribution is -0.129. The van der Waals surface area contributed by atoms with Crippen molar-refractivity contribution in [2.24, 2.45) is 0 Å². The largest absolute Gasteiger partial charge is 0.497 e. The molecule has 34 heavy (non-hydrogen) atoms. The molecule has 3 rings (SSSR count). The van der Waals surface area contributed by atoms with E-state index < -0.39 is 15.9 Å². The number of allylic oxidation sites excluding steroid dienone is 1. The van der Waals surface area contributed by atoms with Crippen LogP contribution in [-0.4, -0.2) is 54.4 Å². The summed E-state index contributed by atoms with van der Waals surface area (Å²) in [5.74, 6) is 1.32. The van der Waals surface area contributed by atoms with Crippen LogP contribution in [0.2, 0.25) is 0 Å². The van der Waals surface area contributed by atoms with Gasteiger partial charge >= 0.3 is 0 Å². The van der Waals surface area contributed by atoms with Crippen LogP contribution in [0.15, 0.2) is 42.5 Å². The molecule has 0 amide bonds. The molecule has 1 fully saturated rings. The predicted octanol–water partition coefficient (Wildman–Crippen LogP) is 3.37. The van der Waals surface area contributed by atoms with Crippen molar-refractivity contribution in [3.63, 3.8) is 0 Å². The molecule has 8 heteroatoms. The summed E-state index contributed by atoms with van der Waals surface area (Å²) in [6.45, 7) is 0. The summed E-state index contributed by atoms with van der Waals surface area (Å²) >= 11 is 0. The summed E-state index contributed by atoms with van der Waals surface area (Å²) in [4.78, 5) is 12.8. The first kappa shape index (κ1) is 26.0. The molecule has 2 radical (unpaired) electrons. The first-order valence-corrected chi connectivity index (χ1v) is 13.0. The number of rotatable bonds is 11. The molecule has 6 nitrogen and oxygen atoms in total. The fourth-order valence-electron chi connectivity index (χ4n) is 4.26. The Labute approximate surface area is 203 Å². The second-order valence-electron chi connectivity index (χ2n) is 8.44. The predicted molar refractivity (Wildman–Crippen MR) is 135 cm³/mol. The van der Waals surface area contributed by atoms with Gasteiger partial charge in [-0.25, -0.2) is 8.42 Å². The van der Waals surface area contributed by atoms with Gasteiger partial charge < -0.3 is 14.2 Å². The summed E-state index contributed by atoms with van der Waals surface area (Å²) in [6.07, 6.45) is 5.98. The zero-order chi connectivity index (χ0) is 24.7. The van der Waals surface area contributed by atoms with Crippen LogP contribution >= 0.6 is 0 Å². The van der Waals surface area contributed by atoms with Gasteiger partial charge in [-0.05, 0) is 60.0 Å². The number of benzene rings is 2. The summed E-state index contributed by atoms with van der Waals surface area (Å²) in [6, 6.07) is 11.1. The van der Waals surface area contributed by atoms with Crippen LogP contribution in [0.25, 0.3) is 6.08 Å². The Hall–Kier alpha value is -2.58. The third kappa shape index (κ3) is 6.30. The molecule has 0 N–H and O–H groups in total. The number of methoxy groups -OCH3 is 3. The Bertz CT molecular complexity index is 1100. The minimum Gasteiger partial charge on any atom is -0.497 e. The summed E-state index contributed by atoms with van der Waals surface area (Å²) in [5.41, 5.74) is 3.02. The van der Waals surface area contributed by atoms with Crippen molar-refractivity contribution in [3.05, 3.63) is 59.2 Å². The van der Waals surface area contributed by atoms with Crippen molar-refractivity contribution in [1.82, 2.24) is 0 Å². The van der Waals surface area contributed by atoms with Crippen LogP contribution in [0.5, 0.6) is 11.5 Å². The van der Waals surface area contributed by atoms with Crippen molar-refractivity contribution >= 4 is 35.0 Å². The molecule has 1 saturated heterocycles. The second kappa shape index (κ2) is 11.7.